The van der Waals surface area contributed by atoms with Gasteiger partial charge in [-0.3, -0.25) is 9.59 Å². The van der Waals surface area contributed by atoms with E-state index in [9.17, 15) is 9.59 Å². The summed E-state index contributed by atoms with van der Waals surface area (Å²) in [5.74, 6) is 0.535. The van der Waals surface area contributed by atoms with Crippen LogP contribution in [-0.2, 0) is 4.79 Å². The highest BCUT2D eigenvalue weighted by atomic mass is 79.9. The second-order valence-corrected chi connectivity index (χ2v) is 6.67. The van der Waals surface area contributed by atoms with Gasteiger partial charge in [-0.2, -0.15) is 0 Å². The standard InChI is InChI=1S/C16H18BrNO5/c17-12-8-11(9-13-15(12)23-6-5-22-13)16(21)18-3-1-10(2-4-18)7-14(19)20/h8-10H,1-7H2,(H,19,20). The first-order valence-corrected chi connectivity index (χ1v) is 8.44. The summed E-state index contributed by atoms with van der Waals surface area (Å²) in [4.78, 5) is 25.2. The number of fused-ring (bicyclic) bond motifs is 1. The second kappa shape index (κ2) is 6.78. The molecule has 2 heterocycles. The molecule has 0 saturated carbocycles. The number of carbonyl (C=O) groups is 2. The SMILES string of the molecule is O=C(O)CC1CCN(C(=O)c2cc(Br)c3c(c2)OCCO3)CC1. The molecule has 124 valence electrons. The number of hydrogen-bond donors (Lipinski definition) is 1. The fourth-order valence-corrected chi connectivity index (χ4v) is 3.56. The number of hydrogen-bond acceptors (Lipinski definition) is 4. The molecule has 0 aromatic heterocycles. The van der Waals surface area contributed by atoms with Crippen molar-refractivity contribution in [2.75, 3.05) is 26.3 Å². The first kappa shape index (κ1) is 16.1. The zero-order chi connectivity index (χ0) is 16.4. The maximum atomic E-state index is 12.7. The number of ether oxygens (including phenoxy) is 2. The molecule has 1 aromatic carbocycles. The van der Waals surface area contributed by atoms with Crippen LogP contribution in [0.15, 0.2) is 16.6 Å². The Bertz CT molecular complexity index is 625. The normalized spacial score (nSPS) is 17.9. The van der Waals surface area contributed by atoms with Crippen molar-refractivity contribution in [3.63, 3.8) is 0 Å². The van der Waals surface area contributed by atoms with Crippen molar-refractivity contribution in [3.05, 3.63) is 22.2 Å². The Morgan fingerprint density at radius 2 is 1.91 bits per heavy atom. The molecule has 1 amide bonds. The molecule has 1 fully saturated rings. The maximum absolute atomic E-state index is 12.7. The predicted molar refractivity (Wildman–Crippen MR) is 86.0 cm³/mol. The Morgan fingerprint density at radius 3 is 2.61 bits per heavy atom. The Kier molecular flexibility index (Phi) is 4.75. The molecule has 6 nitrogen and oxygen atoms in total. The lowest BCUT2D eigenvalue weighted by Gasteiger charge is -2.31. The first-order chi connectivity index (χ1) is 11.0. The molecule has 3 rings (SSSR count). The molecule has 0 spiro atoms. The highest BCUT2D eigenvalue weighted by Crippen LogP contribution is 2.39. The molecule has 23 heavy (non-hydrogen) atoms. The molecule has 1 saturated heterocycles. The fraction of sp³-hybridized carbons (Fsp3) is 0.500. The lowest BCUT2D eigenvalue weighted by atomic mass is 9.93. The zero-order valence-electron chi connectivity index (χ0n) is 12.6. The zero-order valence-corrected chi connectivity index (χ0v) is 14.2. The molecule has 0 radical (unpaired) electrons. The third-order valence-corrected chi connectivity index (χ3v) is 4.80. The third kappa shape index (κ3) is 3.60. The summed E-state index contributed by atoms with van der Waals surface area (Å²) in [5.41, 5.74) is 0.554. The molecule has 0 unspecified atom stereocenters. The summed E-state index contributed by atoms with van der Waals surface area (Å²) in [6.07, 6.45) is 1.63. The molecule has 1 N–H and O–H groups in total. The number of carboxylic acids is 1. The Hall–Kier alpha value is -1.76. The minimum atomic E-state index is -0.773. The van der Waals surface area contributed by atoms with Crippen LogP contribution in [0.1, 0.15) is 29.6 Å². The molecule has 0 aliphatic carbocycles. The van der Waals surface area contributed by atoms with E-state index in [1.54, 1.807) is 17.0 Å². The van der Waals surface area contributed by atoms with Gasteiger partial charge in [-0.15, -0.1) is 0 Å². The Balaban J connectivity index is 1.69. The van der Waals surface area contributed by atoms with Crippen LogP contribution < -0.4 is 9.47 Å². The molecule has 2 aliphatic heterocycles. The van der Waals surface area contributed by atoms with E-state index in [0.29, 0.717) is 47.8 Å². The average Bonchev–Trinajstić information content (AvgIpc) is 2.54. The summed E-state index contributed by atoms with van der Waals surface area (Å²) in [7, 11) is 0. The van der Waals surface area contributed by atoms with E-state index >= 15 is 0 Å². The number of benzene rings is 1. The van der Waals surface area contributed by atoms with Crippen LogP contribution in [0.25, 0.3) is 0 Å². The van der Waals surface area contributed by atoms with Gasteiger partial charge < -0.3 is 19.5 Å². The van der Waals surface area contributed by atoms with Crippen LogP contribution in [0.5, 0.6) is 11.5 Å². The minimum Gasteiger partial charge on any atom is -0.486 e. The third-order valence-electron chi connectivity index (χ3n) is 4.21. The van der Waals surface area contributed by atoms with Gasteiger partial charge >= 0.3 is 5.97 Å². The van der Waals surface area contributed by atoms with Crippen molar-refractivity contribution < 1.29 is 24.2 Å². The number of halogens is 1. The number of carbonyl (C=O) groups excluding carboxylic acids is 1. The van der Waals surface area contributed by atoms with E-state index in [0.717, 1.165) is 12.8 Å². The van der Waals surface area contributed by atoms with Gasteiger partial charge in [0.2, 0.25) is 0 Å². The van der Waals surface area contributed by atoms with Gasteiger partial charge in [0.25, 0.3) is 5.91 Å². The van der Waals surface area contributed by atoms with Crippen molar-refractivity contribution >= 4 is 27.8 Å². The Labute approximate surface area is 142 Å². The predicted octanol–water partition coefficient (Wildman–Crippen LogP) is 2.55. The van der Waals surface area contributed by atoms with Crippen LogP contribution in [0, 0.1) is 5.92 Å². The Morgan fingerprint density at radius 1 is 1.22 bits per heavy atom. The van der Waals surface area contributed by atoms with Gasteiger partial charge in [0, 0.05) is 25.1 Å². The number of likely N-dealkylation sites (tertiary alicyclic amines) is 1. The van der Waals surface area contributed by atoms with E-state index in [1.165, 1.54) is 0 Å². The monoisotopic (exact) mass is 383 g/mol. The van der Waals surface area contributed by atoms with Gasteiger partial charge in [0.1, 0.15) is 13.2 Å². The van der Waals surface area contributed by atoms with Crippen molar-refractivity contribution in [2.24, 2.45) is 5.92 Å². The van der Waals surface area contributed by atoms with Gasteiger partial charge in [-0.05, 0) is 46.8 Å². The van der Waals surface area contributed by atoms with Crippen LogP contribution in [0.4, 0.5) is 0 Å². The number of nitrogens with zero attached hydrogens (tertiary/aromatic N) is 1. The van der Waals surface area contributed by atoms with Crippen molar-refractivity contribution in [1.82, 2.24) is 4.90 Å². The van der Waals surface area contributed by atoms with E-state index in [2.05, 4.69) is 15.9 Å². The topological polar surface area (TPSA) is 76.1 Å². The van der Waals surface area contributed by atoms with E-state index in [-0.39, 0.29) is 18.2 Å². The largest absolute Gasteiger partial charge is 0.486 e. The summed E-state index contributed by atoms with van der Waals surface area (Å²) >= 11 is 3.42. The van der Waals surface area contributed by atoms with Crippen molar-refractivity contribution in [2.45, 2.75) is 19.3 Å². The van der Waals surface area contributed by atoms with Gasteiger partial charge in [0.05, 0.1) is 4.47 Å². The summed E-state index contributed by atoms with van der Waals surface area (Å²) in [6.45, 7) is 2.14. The number of rotatable bonds is 3. The lowest BCUT2D eigenvalue weighted by molar-refractivity contribution is -0.138. The molecular formula is C16H18BrNO5. The summed E-state index contributed by atoms with van der Waals surface area (Å²) < 4.78 is 11.8. The number of aliphatic carboxylic acids is 1. The molecule has 0 atom stereocenters. The molecule has 0 bridgehead atoms. The quantitative estimate of drug-likeness (QED) is 0.867. The van der Waals surface area contributed by atoms with E-state index < -0.39 is 5.97 Å². The number of carboxylic acid groups (broad SMARTS) is 1. The highest BCUT2D eigenvalue weighted by Gasteiger charge is 2.26. The van der Waals surface area contributed by atoms with E-state index in [1.807, 2.05) is 0 Å². The van der Waals surface area contributed by atoms with Crippen molar-refractivity contribution in [3.8, 4) is 11.5 Å². The molecular weight excluding hydrogens is 366 g/mol. The second-order valence-electron chi connectivity index (χ2n) is 5.82. The molecule has 2 aliphatic rings. The fourth-order valence-electron chi connectivity index (χ4n) is 3.00. The van der Waals surface area contributed by atoms with Gasteiger partial charge in [-0.25, -0.2) is 0 Å². The molecule has 1 aromatic rings. The summed E-state index contributed by atoms with van der Waals surface area (Å²) in [6, 6.07) is 3.46. The van der Waals surface area contributed by atoms with Gasteiger partial charge in [0.15, 0.2) is 11.5 Å². The van der Waals surface area contributed by atoms with E-state index in [4.69, 9.17) is 14.6 Å². The minimum absolute atomic E-state index is 0.0588. The van der Waals surface area contributed by atoms with Crippen LogP contribution in [-0.4, -0.2) is 48.2 Å². The average molecular weight is 384 g/mol. The van der Waals surface area contributed by atoms with Crippen molar-refractivity contribution in [1.29, 1.82) is 0 Å². The number of amides is 1. The number of piperidine rings is 1. The molecule has 7 heteroatoms. The van der Waals surface area contributed by atoms with Crippen LogP contribution in [0.2, 0.25) is 0 Å². The van der Waals surface area contributed by atoms with Gasteiger partial charge in [-0.1, -0.05) is 0 Å². The first-order valence-electron chi connectivity index (χ1n) is 7.65. The highest BCUT2D eigenvalue weighted by molar-refractivity contribution is 9.10. The summed E-state index contributed by atoms with van der Waals surface area (Å²) in [5, 5.41) is 8.85. The maximum Gasteiger partial charge on any atom is 0.303 e. The lowest BCUT2D eigenvalue weighted by Crippen LogP contribution is -2.39. The van der Waals surface area contributed by atoms with Crippen LogP contribution >= 0.6 is 15.9 Å². The van der Waals surface area contributed by atoms with Crippen LogP contribution in [0.3, 0.4) is 0 Å². The smallest absolute Gasteiger partial charge is 0.303 e.